The number of pyridine rings is 1. The van der Waals surface area contributed by atoms with Gasteiger partial charge in [-0.3, -0.25) is 9.78 Å². The van der Waals surface area contributed by atoms with Gasteiger partial charge in [0.05, 0.1) is 5.75 Å². The second-order valence-electron chi connectivity index (χ2n) is 7.85. The van der Waals surface area contributed by atoms with Crippen molar-refractivity contribution >= 4 is 41.1 Å². The number of thioether (sulfide) groups is 1. The second kappa shape index (κ2) is 11.3. The molecule has 3 heterocycles. The van der Waals surface area contributed by atoms with Crippen molar-refractivity contribution in [2.75, 3.05) is 30.3 Å². The summed E-state index contributed by atoms with van der Waals surface area (Å²) in [7, 11) is 0. The molecule has 1 aliphatic rings. The predicted molar refractivity (Wildman–Crippen MR) is 126 cm³/mol. The number of hydrogen-bond donors (Lipinski definition) is 2. The van der Waals surface area contributed by atoms with Gasteiger partial charge >= 0.3 is 6.03 Å². The average molecular weight is 478 g/mol. The van der Waals surface area contributed by atoms with Crippen LogP contribution in [0.2, 0.25) is 5.15 Å². The van der Waals surface area contributed by atoms with E-state index in [-0.39, 0.29) is 29.8 Å². The molecule has 9 nitrogen and oxygen atoms in total. The number of urea groups is 1. The van der Waals surface area contributed by atoms with Crippen LogP contribution in [0.15, 0.2) is 35.7 Å². The Morgan fingerprint density at radius 3 is 2.81 bits per heavy atom. The molecule has 1 unspecified atom stereocenters. The molecule has 0 radical (unpaired) electrons. The molecule has 1 atom stereocenters. The Balaban J connectivity index is 1.55. The molecular formula is C21H28ClN7O2S. The average Bonchev–Trinajstić information content (AvgIpc) is 2.76. The summed E-state index contributed by atoms with van der Waals surface area (Å²) in [6.07, 6.45) is 3.41. The lowest BCUT2D eigenvalue weighted by atomic mass is 10.2. The van der Waals surface area contributed by atoms with Crippen LogP contribution in [0.5, 0.6) is 0 Å². The number of halogens is 1. The third-order valence-corrected chi connectivity index (χ3v) is 5.87. The molecule has 0 saturated carbocycles. The van der Waals surface area contributed by atoms with Crippen LogP contribution in [-0.2, 0) is 11.3 Å². The Kier molecular flexibility index (Phi) is 8.52. The topological polar surface area (TPSA) is 103 Å². The first-order chi connectivity index (χ1) is 15.3. The van der Waals surface area contributed by atoms with Crippen molar-refractivity contribution in [1.29, 1.82) is 0 Å². The number of hydrogen-bond acceptors (Lipinski definition) is 7. The normalized spacial score (nSPS) is 16.2. The number of nitrogens with one attached hydrogen (secondary N) is 2. The van der Waals surface area contributed by atoms with Crippen LogP contribution >= 0.6 is 23.4 Å². The third kappa shape index (κ3) is 6.96. The van der Waals surface area contributed by atoms with Crippen molar-refractivity contribution in [1.82, 2.24) is 30.5 Å². The van der Waals surface area contributed by atoms with Gasteiger partial charge in [0.2, 0.25) is 5.91 Å². The van der Waals surface area contributed by atoms with E-state index in [9.17, 15) is 9.59 Å². The van der Waals surface area contributed by atoms with Gasteiger partial charge in [-0.2, -0.15) is 0 Å². The number of carbonyl (C=O) groups is 2. The quantitative estimate of drug-likeness (QED) is 0.359. The minimum atomic E-state index is -0.123. The molecule has 11 heteroatoms. The van der Waals surface area contributed by atoms with Gasteiger partial charge in [0.25, 0.3) is 0 Å². The van der Waals surface area contributed by atoms with Gasteiger partial charge in [-0.05, 0) is 32.4 Å². The molecule has 2 aromatic heterocycles. The van der Waals surface area contributed by atoms with E-state index in [0.29, 0.717) is 42.3 Å². The molecule has 1 fully saturated rings. The number of amides is 3. The number of carbonyl (C=O) groups excluding carboxylic acids is 2. The van der Waals surface area contributed by atoms with Crippen molar-refractivity contribution in [3.05, 3.63) is 41.3 Å². The van der Waals surface area contributed by atoms with Gasteiger partial charge in [-0.15, -0.1) is 0 Å². The van der Waals surface area contributed by atoms with Gasteiger partial charge < -0.3 is 20.4 Å². The van der Waals surface area contributed by atoms with Crippen molar-refractivity contribution in [3.63, 3.8) is 0 Å². The maximum Gasteiger partial charge on any atom is 0.317 e. The van der Waals surface area contributed by atoms with Crippen LogP contribution in [0, 0.1) is 0 Å². The lowest BCUT2D eigenvalue weighted by Gasteiger charge is -2.40. The summed E-state index contributed by atoms with van der Waals surface area (Å²) in [5, 5.41) is 6.56. The highest BCUT2D eigenvalue weighted by Crippen LogP contribution is 2.24. The fraction of sp³-hybridized carbons (Fsp3) is 0.476. The lowest BCUT2D eigenvalue weighted by molar-refractivity contribution is -0.118. The summed E-state index contributed by atoms with van der Waals surface area (Å²) in [4.78, 5) is 41.3. The zero-order valence-corrected chi connectivity index (χ0v) is 20.0. The molecule has 172 valence electrons. The summed E-state index contributed by atoms with van der Waals surface area (Å²) >= 11 is 7.46. The Bertz CT molecular complexity index is 932. The zero-order chi connectivity index (χ0) is 23.1. The molecule has 1 saturated heterocycles. The third-order valence-electron chi connectivity index (χ3n) is 4.83. The van der Waals surface area contributed by atoms with Gasteiger partial charge in [-0.1, -0.05) is 29.4 Å². The number of anilines is 1. The highest BCUT2D eigenvalue weighted by atomic mass is 35.5. The first-order valence-electron chi connectivity index (χ1n) is 10.5. The molecule has 0 aromatic carbocycles. The SMILES string of the molecule is CC(C)NC(=O)N1CCN(c2cc(Cl)nc(SCC(=O)NCc3cccnc3)n2)CC1C. The van der Waals surface area contributed by atoms with Crippen molar-refractivity contribution in [2.24, 2.45) is 0 Å². The summed E-state index contributed by atoms with van der Waals surface area (Å²) in [5.41, 5.74) is 0.933. The minimum absolute atomic E-state index is 0.0191. The van der Waals surface area contributed by atoms with Gasteiger partial charge in [0.15, 0.2) is 5.16 Å². The summed E-state index contributed by atoms with van der Waals surface area (Å²) in [6.45, 7) is 8.17. The van der Waals surface area contributed by atoms with Crippen LogP contribution in [0.1, 0.15) is 26.3 Å². The maximum absolute atomic E-state index is 12.4. The molecule has 32 heavy (non-hydrogen) atoms. The number of piperazine rings is 1. The summed E-state index contributed by atoms with van der Waals surface area (Å²) in [6, 6.07) is 5.50. The number of aromatic nitrogens is 3. The van der Waals surface area contributed by atoms with Crippen LogP contribution in [0.3, 0.4) is 0 Å². The number of rotatable bonds is 7. The van der Waals surface area contributed by atoms with Crippen molar-refractivity contribution in [2.45, 2.75) is 44.6 Å². The van der Waals surface area contributed by atoms with Crippen LogP contribution in [0.25, 0.3) is 0 Å². The maximum atomic E-state index is 12.4. The minimum Gasteiger partial charge on any atom is -0.353 e. The van der Waals surface area contributed by atoms with E-state index in [2.05, 4.69) is 30.5 Å². The first kappa shape index (κ1) is 24.1. The van der Waals surface area contributed by atoms with Crippen molar-refractivity contribution in [3.8, 4) is 0 Å². The molecular weight excluding hydrogens is 450 g/mol. The monoisotopic (exact) mass is 477 g/mol. The largest absolute Gasteiger partial charge is 0.353 e. The zero-order valence-electron chi connectivity index (χ0n) is 18.4. The standard InChI is InChI=1S/C21H28ClN7O2S/c1-14(2)25-21(31)29-8-7-28(12-15(29)3)18-9-17(22)26-20(27-18)32-13-19(30)24-11-16-5-4-6-23-10-16/h4-6,9-10,14-15H,7-8,11-13H2,1-3H3,(H,24,30)(H,25,31). The molecule has 2 N–H and O–H groups in total. The number of nitrogens with zero attached hydrogens (tertiary/aromatic N) is 5. The van der Waals surface area contributed by atoms with E-state index in [1.807, 2.05) is 37.8 Å². The van der Waals surface area contributed by atoms with E-state index < -0.39 is 0 Å². The molecule has 0 bridgehead atoms. The highest BCUT2D eigenvalue weighted by Gasteiger charge is 2.28. The summed E-state index contributed by atoms with van der Waals surface area (Å²) < 4.78 is 0. The molecule has 3 rings (SSSR count). The van der Waals surface area contributed by atoms with E-state index in [4.69, 9.17) is 11.6 Å². The predicted octanol–water partition coefficient (Wildman–Crippen LogP) is 2.56. The van der Waals surface area contributed by atoms with Crippen LogP contribution in [0.4, 0.5) is 10.6 Å². The molecule has 0 aliphatic carbocycles. The Morgan fingerprint density at radius 2 is 2.12 bits per heavy atom. The van der Waals surface area contributed by atoms with Gasteiger partial charge in [0.1, 0.15) is 11.0 Å². The van der Waals surface area contributed by atoms with E-state index in [0.717, 1.165) is 5.56 Å². The van der Waals surface area contributed by atoms with Crippen molar-refractivity contribution < 1.29 is 9.59 Å². The lowest BCUT2D eigenvalue weighted by Crippen LogP contribution is -2.57. The second-order valence-corrected chi connectivity index (χ2v) is 9.18. The van der Waals surface area contributed by atoms with Crippen LogP contribution < -0.4 is 15.5 Å². The molecule has 1 aliphatic heterocycles. The van der Waals surface area contributed by atoms with E-state index >= 15 is 0 Å². The molecule has 2 aromatic rings. The Morgan fingerprint density at radius 1 is 1.31 bits per heavy atom. The molecule has 3 amide bonds. The first-order valence-corrected chi connectivity index (χ1v) is 11.8. The molecule has 0 spiro atoms. The van der Waals surface area contributed by atoms with E-state index in [1.165, 1.54) is 11.8 Å². The smallest absolute Gasteiger partial charge is 0.317 e. The fourth-order valence-electron chi connectivity index (χ4n) is 3.29. The Hall–Kier alpha value is -2.59. The van der Waals surface area contributed by atoms with Crippen LogP contribution in [-0.4, -0.2) is 69.3 Å². The Labute approximate surface area is 197 Å². The highest BCUT2D eigenvalue weighted by molar-refractivity contribution is 7.99. The van der Waals surface area contributed by atoms with E-state index in [1.54, 1.807) is 18.5 Å². The summed E-state index contributed by atoms with van der Waals surface area (Å²) in [5.74, 6) is 0.751. The van der Waals surface area contributed by atoms with Gasteiger partial charge in [0, 0.05) is 56.7 Å². The fourth-order valence-corrected chi connectivity index (χ4v) is 4.20. The van der Waals surface area contributed by atoms with Gasteiger partial charge in [-0.25, -0.2) is 14.8 Å².